The number of aliphatic carboxylic acids is 1. The highest BCUT2D eigenvalue weighted by Crippen LogP contribution is 2.19. The Morgan fingerprint density at radius 3 is 2.58 bits per heavy atom. The summed E-state index contributed by atoms with van der Waals surface area (Å²) in [6.07, 6.45) is 0.687. The molecule has 1 rings (SSSR count). The smallest absolute Gasteiger partial charge is 0.326 e. The van der Waals surface area contributed by atoms with Crippen molar-refractivity contribution in [3.8, 4) is 0 Å². The first kappa shape index (κ1) is 15.7. The number of amides is 1. The summed E-state index contributed by atoms with van der Waals surface area (Å²) in [7, 11) is 0. The zero-order chi connectivity index (χ0) is 14.6. The second-order valence-electron chi connectivity index (χ2n) is 4.66. The number of carbonyl (C=O) groups is 2. The maximum Gasteiger partial charge on any atom is 0.326 e. The summed E-state index contributed by atoms with van der Waals surface area (Å²) in [5.74, 6) is -1.50. The van der Waals surface area contributed by atoms with Crippen LogP contribution in [-0.2, 0) is 4.79 Å². The quantitative estimate of drug-likeness (QED) is 0.873. The van der Waals surface area contributed by atoms with Crippen LogP contribution in [0.2, 0.25) is 0 Å². The van der Waals surface area contributed by atoms with Crippen molar-refractivity contribution in [2.24, 2.45) is 5.92 Å². The molecule has 2 N–H and O–H groups in total. The van der Waals surface area contributed by atoms with Crippen LogP contribution in [0.15, 0.2) is 22.7 Å². The van der Waals surface area contributed by atoms with E-state index in [1.54, 1.807) is 12.1 Å². The van der Waals surface area contributed by atoms with Crippen LogP contribution >= 0.6 is 15.9 Å². The summed E-state index contributed by atoms with van der Waals surface area (Å²) in [5.41, 5.74) is 1.40. The van der Waals surface area contributed by atoms with E-state index >= 15 is 0 Å². The van der Waals surface area contributed by atoms with Crippen molar-refractivity contribution < 1.29 is 14.7 Å². The van der Waals surface area contributed by atoms with Crippen LogP contribution in [0.25, 0.3) is 0 Å². The number of halogens is 1. The minimum Gasteiger partial charge on any atom is -0.480 e. The van der Waals surface area contributed by atoms with Crippen LogP contribution in [-0.4, -0.2) is 23.0 Å². The topological polar surface area (TPSA) is 66.4 Å². The van der Waals surface area contributed by atoms with E-state index in [2.05, 4.69) is 21.2 Å². The molecule has 0 saturated heterocycles. The van der Waals surface area contributed by atoms with Gasteiger partial charge in [0, 0.05) is 4.47 Å². The molecule has 0 radical (unpaired) electrons. The van der Waals surface area contributed by atoms with E-state index in [-0.39, 0.29) is 11.8 Å². The number of rotatable bonds is 5. The predicted octanol–water partition coefficient (Wildman–Crippen LogP) is 2.99. The van der Waals surface area contributed by atoms with E-state index in [0.717, 1.165) is 5.56 Å². The van der Waals surface area contributed by atoms with Gasteiger partial charge in [-0.1, -0.05) is 31.9 Å². The Labute approximate surface area is 121 Å². The highest BCUT2D eigenvalue weighted by atomic mass is 79.9. The molecule has 0 aliphatic rings. The summed E-state index contributed by atoms with van der Waals surface area (Å²) in [6, 6.07) is 4.52. The Morgan fingerprint density at radius 1 is 1.42 bits per heavy atom. The molecule has 1 amide bonds. The molecular formula is C14H18BrNO3. The van der Waals surface area contributed by atoms with Gasteiger partial charge in [-0.3, -0.25) is 4.79 Å². The van der Waals surface area contributed by atoms with Crippen LogP contribution in [0.1, 0.15) is 36.2 Å². The number of carbonyl (C=O) groups excluding carboxylic acids is 1. The number of hydrogen-bond donors (Lipinski definition) is 2. The maximum absolute atomic E-state index is 12.1. The fourth-order valence-corrected chi connectivity index (χ4v) is 2.14. The molecule has 1 aromatic rings. The van der Waals surface area contributed by atoms with Crippen molar-refractivity contribution in [2.45, 2.75) is 33.2 Å². The van der Waals surface area contributed by atoms with Gasteiger partial charge in [-0.25, -0.2) is 4.79 Å². The molecule has 0 heterocycles. The molecule has 1 aromatic carbocycles. The van der Waals surface area contributed by atoms with E-state index < -0.39 is 12.0 Å². The van der Waals surface area contributed by atoms with Crippen molar-refractivity contribution in [2.75, 3.05) is 0 Å². The number of aryl methyl sites for hydroxylation is 1. The average Bonchev–Trinajstić information content (AvgIpc) is 2.37. The van der Waals surface area contributed by atoms with Crippen LogP contribution in [0.4, 0.5) is 0 Å². The van der Waals surface area contributed by atoms with Crippen LogP contribution < -0.4 is 5.32 Å². The van der Waals surface area contributed by atoms with Gasteiger partial charge in [0.2, 0.25) is 0 Å². The molecule has 0 aliphatic heterocycles. The van der Waals surface area contributed by atoms with Crippen molar-refractivity contribution in [1.29, 1.82) is 0 Å². The summed E-state index contributed by atoms with van der Waals surface area (Å²) in [6.45, 7) is 5.59. The van der Waals surface area contributed by atoms with Gasteiger partial charge in [-0.2, -0.15) is 0 Å². The van der Waals surface area contributed by atoms with Gasteiger partial charge in [-0.15, -0.1) is 0 Å². The molecule has 19 heavy (non-hydrogen) atoms. The number of hydrogen-bond acceptors (Lipinski definition) is 2. The fraction of sp³-hybridized carbons (Fsp3) is 0.429. The molecule has 2 unspecified atom stereocenters. The first-order valence-corrected chi connectivity index (χ1v) is 6.96. The van der Waals surface area contributed by atoms with Crippen LogP contribution in [0, 0.1) is 12.8 Å². The lowest BCUT2D eigenvalue weighted by molar-refractivity contribution is -0.140. The SMILES string of the molecule is CCC(C)C(NC(=O)c1cc(C)ccc1Br)C(=O)O. The highest BCUT2D eigenvalue weighted by Gasteiger charge is 2.26. The zero-order valence-electron chi connectivity index (χ0n) is 11.2. The molecule has 0 spiro atoms. The normalized spacial score (nSPS) is 13.7. The lowest BCUT2D eigenvalue weighted by Gasteiger charge is -2.20. The standard InChI is InChI=1S/C14H18BrNO3/c1-4-9(3)12(14(18)19)16-13(17)10-7-8(2)5-6-11(10)15/h5-7,9,12H,4H2,1-3H3,(H,16,17)(H,18,19). The largest absolute Gasteiger partial charge is 0.480 e. The van der Waals surface area contributed by atoms with Crippen molar-refractivity contribution in [1.82, 2.24) is 5.32 Å². The van der Waals surface area contributed by atoms with E-state index in [1.165, 1.54) is 0 Å². The average molecular weight is 328 g/mol. The molecule has 5 heteroatoms. The molecule has 4 nitrogen and oxygen atoms in total. The summed E-state index contributed by atoms with van der Waals surface area (Å²) >= 11 is 3.30. The first-order chi connectivity index (χ1) is 8.86. The van der Waals surface area contributed by atoms with Crippen molar-refractivity contribution in [3.63, 3.8) is 0 Å². The number of carboxylic acid groups (broad SMARTS) is 1. The lowest BCUT2D eigenvalue weighted by atomic mass is 9.99. The van der Waals surface area contributed by atoms with E-state index in [1.807, 2.05) is 26.8 Å². The Morgan fingerprint density at radius 2 is 2.05 bits per heavy atom. The van der Waals surface area contributed by atoms with Gasteiger partial charge in [0.1, 0.15) is 6.04 Å². The fourth-order valence-electron chi connectivity index (χ4n) is 1.72. The van der Waals surface area contributed by atoms with Gasteiger partial charge in [0.15, 0.2) is 0 Å². The first-order valence-electron chi connectivity index (χ1n) is 6.16. The molecule has 2 atom stereocenters. The monoisotopic (exact) mass is 327 g/mol. The Bertz CT molecular complexity index is 488. The molecule has 0 bridgehead atoms. The highest BCUT2D eigenvalue weighted by molar-refractivity contribution is 9.10. The zero-order valence-corrected chi connectivity index (χ0v) is 12.8. The molecule has 104 valence electrons. The summed E-state index contributed by atoms with van der Waals surface area (Å²) < 4.78 is 0.656. The molecule has 0 saturated carbocycles. The molecule has 0 aliphatic carbocycles. The maximum atomic E-state index is 12.1. The minimum atomic E-state index is -1.01. The molecule has 0 fully saturated rings. The lowest BCUT2D eigenvalue weighted by Crippen LogP contribution is -2.45. The van der Waals surface area contributed by atoms with Gasteiger partial charge < -0.3 is 10.4 Å². The summed E-state index contributed by atoms with van der Waals surface area (Å²) in [5, 5.41) is 11.8. The Kier molecular flexibility index (Phi) is 5.54. The van der Waals surface area contributed by atoms with Gasteiger partial charge in [0.05, 0.1) is 5.56 Å². The Hall–Kier alpha value is -1.36. The van der Waals surface area contributed by atoms with Gasteiger partial charge in [0.25, 0.3) is 5.91 Å². The van der Waals surface area contributed by atoms with Crippen LogP contribution in [0.5, 0.6) is 0 Å². The summed E-state index contributed by atoms with van der Waals surface area (Å²) in [4.78, 5) is 23.3. The second-order valence-corrected chi connectivity index (χ2v) is 5.51. The minimum absolute atomic E-state index is 0.120. The van der Waals surface area contributed by atoms with E-state index in [4.69, 9.17) is 5.11 Å². The molecular weight excluding hydrogens is 310 g/mol. The van der Waals surface area contributed by atoms with E-state index in [9.17, 15) is 9.59 Å². The number of carboxylic acids is 1. The second kappa shape index (κ2) is 6.70. The third-order valence-corrected chi connectivity index (χ3v) is 3.82. The van der Waals surface area contributed by atoms with Crippen molar-refractivity contribution in [3.05, 3.63) is 33.8 Å². The Balaban J connectivity index is 2.94. The third-order valence-electron chi connectivity index (χ3n) is 3.13. The number of benzene rings is 1. The van der Waals surface area contributed by atoms with Crippen LogP contribution in [0.3, 0.4) is 0 Å². The van der Waals surface area contributed by atoms with Gasteiger partial charge in [-0.05, 0) is 40.9 Å². The van der Waals surface area contributed by atoms with Crippen molar-refractivity contribution >= 4 is 27.8 Å². The van der Waals surface area contributed by atoms with Gasteiger partial charge >= 0.3 is 5.97 Å². The predicted molar refractivity (Wildman–Crippen MR) is 77.2 cm³/mol. The number of nitrogens with one attached hydrogen (secondary N) is 1. The third kappa shape index (κ3) is 4.06. The van der Waals surface area contributed by atoms with E-state index in [0.29, 0.717) is 16.5 Å². The molecule has 0 aromatic heterocycles.